The third kappa shape index (κ3) is 4.33. The van der Waals surface area contributed by atoms with Crippen molar-refractivity contribution in [2.24, 2.45) is 0 Å². The average Bonchev–Trinajstić information content (AvgIpc) is 1.94. The van der Waals surface area contributed by atoms with Gasteiger partial charge in [-0.2, -0.15) is 0 Å². The molecule has 0 aromatic heterocycles. The molecule has 0 bridgehead atoms. The minimum atomic E-state index is -1.06. The zero-order chi connectivity index (χ0) is 8.43. The van der Waals surface area contributed by atoms with E-state index in [2.05, 4.69) is 0 Å². The van der Waals surface area contributed by atoms with E-state index >= 15 is 0 Å². The first kappa shape index (κ1) is 19.4. The van der Waals surface area contributed by atoms with E-state index < -0.39 is 5.97 Å². The van der Waals surface area contributed by atoms with Gasteiger partial charge in [-0.15, -0.1) is 5.75 Å². The molecule has 1 N–H and O–H groups in total. The van der Waals surface area contributed by atoms with E-state index in [1.54, 1.807) is 0 Å². The van der Waals surface area contributed by atoms with Gasteiger partial charge < -0.3 is 35.0 Å². The van der Waals surface area contributed by atoms with Crippen LogP contribution >= 0.6 is 0 Å². The van der Waals surface area contributed by atoms with Crippen molar-refractivity contribution in [1.29, 1.82) is 0 Å². The van der Waals surface area contributed by atoms with Crippen molar-refractivity contribution in [2.45, 2.75) is 6.92 Å². The maximum absolute atomic E-state index is 10.9. The summed E-state index contributed by atoms with van der Waals surface area (Å²) >= 11 is 0. The van der Waals surface area contributed by atoms with Gasteiger partial charge in [0.15, 0.2) is 0 Å². The Balaban J connectivity index is -0.000000403. The summed E-state index contributed by atoms with van der Waals surface area (Å²) in [6, 6.07) is 4.21. The molecule has 0 unspecified atom stereocenters. The topological polar surface area (TPSA) is 60.4 Å². The number of carbonyl (C=O) groups is 1. The van der Waals surface area contributed by atoms with Crippen LogP contribution in [-0.2, 0) is 21.7 Å². The van der Waals surface area contributed by atoms with Gasteiger partial charge in [0.05, 0.1) is 5.56 Å². The van der Waals surface area contributed by atoms with Crippen LogP contribution in [-0.4, -0.2) is 11.1 Å². The number of rotatable bonds is 1. The summed E-state index contributed by atoms with van der Waals surface area (Å²) in [4.78, 5) is 10.4. The number of hydrogen-bond donors (Lipinski definition) is 1. The first-order chi connectivity index (χ1) is 5.13. The minimum absolute atomic E-state index is 0. The van der Waals surface area contributed by atoms with Crippen LogP contribution in [0.1, 0.15) is 15.9 Å². The first-order valence-electron chi connectivity index (χ1n) is 3.13. The van der Waals surface area contributed by atoms with E-state index in [0.29, 0.717) is 5.56 Å². The second kappa shape index (κ2) is 8.12. The van der Waals surface area contributed by atoms with E-state index in [9.17, 15) is 9.90 Å². The number of halogens is 2. The number of hydrogen-bond acceptors (Lipinski definition) is 2. The fourth-order valence-corrected chi connectivity index (χ4v) is 0.846. The summed E-state index contributed by atoms with van der Waals surface area (Å²) < 4.78 is 0. The fourth-order valence-electron chi connectivity index (χ4n) is 0.846. The van der Waals surface area contributed by atoms with Crippen molar-refractivity contribution in [3.63, 3.8) is 0 Å². The largest absolute Gasteiger partial charge is 4.00 e. The Hall–Kier alpha value is -0.216. The standard InChI is InChI=1S/C8H8O3.2ClH.Ti/c1-5-6(8(10)11)3-2-4-7(5)9;;;/h2-4,9H,1H3,(H,10,11);2*1H;/q;;;+4/p-3. The molecule has 1 rings (SSSR count). The van der Waals surface area contributed by atoms with Crippen LogP contribution in [0.5, 0.6) is 5.75 Å². The molecule has 0 aliphatic heterocycles. The Morgan fingerprint density at radius 1 is 1.36 bits per heavy atom. The van der Waals surface area contributed by atoms with Gasteiger partial charge in [-0.25, -0.2) is 4.79 Å². The quantitative estimate of drug-likeness (QED) is 0.519. The molecule has 1 aromatic carbocycles. The molecule has 0 amide bonds. The monoisotopic (exact) mass is 269 g/mol. The molecular formula is C8H7Cl2O3Ti+. The van der Waals surface area contributed by atoms with Gasteiger partial charge in [-0.1, -0.05) is 12.1 Å². The summed E-state index contributed by atoms with van der Waals surface area (Å²) in [5, 5.41) is 19.4. The smallest absolute Gasteiger partial charge is 1.00 e. The first-order valence-corrected chi connectivity index (χ1v) is 3.13. The van der Waals surface area contributed by atoms with Gasteiger partial charge in [0.1, 0.15) is 0 Å². The van der Waals surface area contributed by atoms with Gasteiger partial charge >= 0.3 is 27.7 Å². The molecule has 0 saturated heterocycles. The SMILES string of the molecule is Cc1c([O-])cccc1C(=O)O.[Cl-].[Cl-].[Ti+4]. The Morgan fingerprint density at radius 3 is 2.21 bits per heavy atom. The Morgan fingerprint density at radius 2 is 1.86 bits per heavy atom. The van der Waals surface area contributed by atoms with Crippen LogP contribution in [0.15, 0.2) is 18.2 Å². The summed E-state index contributed by atoms with van der Waals surface area (Å²) in [7, 11) is 0. The molecule has 6 heteroatoms. The molecule has 14 heavy (non-hydrogen) atoms. The summed E-state index contributed by atoms with van der Waals surface area (Å²) in [6.07, 6.45) is 0. The molecule has 0 atom stereocenters. The maximum Gasteiger partial charge on any atom is 4.00 e. The molecule has 0 fully saturated rings. The summed E-state index contributed by atoms with van der Waals surface area (Å²) in [5.41, 5.74) is 0.373. The predicted octanol–water partition coefficient (Wildman–Crippen LogP) is -5.23. The van der Waals surface area contributed by atoms with Gasteiger partial charge in [0.25, 0.3) is 0 Å². The molecule has 1 aromatic rings. The summed E-state index contributed by atoms with van der Waals surface area (Å²) in [6.45, 7) is 1.51. The van der Waals surface area contributed by atoms with Crippen molar-refractivity contribution >= 4 is 5.97 Å². The molecule has 3 nitrogen and oxygen atoms in total. The predicted molar refractivity (Wildman–Crippen MR) is 37.6 cm³/mol. The van der Waals surface area contributed by atoms with Crippen LogP contribution in [0.25, 0.3) is 0 Å². The van der Waals surface area contributed by atoms with Crippen molar-refractivity contribution in [3.8, 4) is 5.75 Å². The molecular weight excluding hydrogens is 263 g/mol. The van der Waals surface area contributed by atoms with Crippen LogP contribution in [0.2, 0.25) is 0 Å². The minimum Gasteiger partial charge on any atom is -1.00 e. The molecule has 0 spiro atoms. The number of carboxylic acid groups (broad SMARTS) is 1. The van der Waals surface area contributed by atoms with Gasteiger partial charge in [0.2, 0.25) is 0 Å². The fraction of sp³-hybridized carbons (Fsp3) is 0.125. The Bertz CT molecular complexity index is 305. The number of benzene rings is 1. The van der Waals surface area contributed by atoms with Gasteiger partial charge in [-0.3, -0.25) is 0 Å². The molecule has 74 valence electrons. The molecule has 0 heterocycles. The summed E-state index contributed by atoms with van der Waals surface area (Å²) in [5.74, 6) is -1.29. The third-order valence-corrected chi connectivity index (χ3v) is 1.51. The van der Waals surface area contributed by atoms with Crippen LogP contribution in [0.3, 0.4) is 0 Å². The number of carboxylic acids is 1. The van der Waals surface area contributed by atoms with Crippen molar-refractivity contribution in [2.75, 3.05) is 0 Å². The van der Waals surface area contributed by atoms with Crippen molar-refractivity contribution in [3.05, 3.63) is 29.3 Å². The number of aromatic carboxylic acids is 1. The van der Waals surface area contributed by atoms with Gasteiger partial charge in [0, 0.05) is 0 Å². The van der Waals surface area contributed by atoms with E-state index in [0.717, 1.165) is 0 Å². The second-order valence-electron chi connectivity index (χ2n) is 2.23. The van der Waals surface area contributed by atoms with Crippen LogP contribution in [0, 0.1) is 6.92 Å². The maximum atomic E-state index is 10.9. The van der Waals surface area contributed by atoms with E-state index in [4.69, 9.17) is 5.11 Å². The normalized spacial score (nSPS) is 7.50. The van der Waals surface area contributed by atoms with Gasteiger partial charge in [-0.05, 0) is 18.6 Å². The van der Waals surface area contributed by atoms with Crippen molar-refractivity contribution < 1.29 is 61.5 Å². The molecule has 0 radical (unpaired) electrons. The second-order valence-corrected chi connectivity index (χ2v) is 2.23. The van der Waals surface area contributed by atoms with Crippen LogP contribution in [0.4, 0.5) is 0 Å². The molecule has 0 saturated carbocycles. The average molecular weight is 270 g/mol. The van der Waals surface area contributed by atoms with Crippen molar-refractivity contribution in [1.82, 2.24) is 0 Å². The Kier molecular flexibility index (Phi) is 11.2. The van der Waals surface area contributed by atoms with E-state index in [-0.39, 0.29) is 57.8 Å². The van der Waals surface area contributed by atoms with Crippen LogP contribution < -0.4 is 29.9 Å². The third-order valence-electron chi connectivity index (χ3n) is 1.51. The van der Waals surface area contributed by atoms with E-state index in [1.807, 2.05) is 0 Å². The van der Waals surface area contributed by atoms with E-state index in [1.165, 1.54) is 25.1 Å². The zero-order valence-corrected chi connectivity index (χ0v) is 10.3. The molecule has 0 aliphatic rings. The zero-order valence-electron chi connectivity index (χ0n) is 7.25. The Labute approximate surface area is 109 Å². The molecule has 0 aliphatic carbocycles.